The molecule has 106 valence electrons. The first-order chi connectivity index (χ1) is 8.78. The van der Waals surface area contributed by atoms with Gasteiger partial charge in [0, 0.05) is 12.1 Å². The third kappa shape index (κ3) is 4.24. The highest BCUT2D eigenvalue weighted by Gasteiger charge is 2.31. The molecule has 0 aromatic heterocycles. The molecule has 0 unspecified atom stereocenters. The van der Waals surface area contributed by atoms with E-state index in [1.54, 1.807) is 0 Å². The normalized spacial score (nSPS) is 23.5. The van der Waals surface area contributed by atoms with Crippen LogP contribution in [-0.4, -0.2) is 37.1 Å². The van der Waals surface area contributed by atoms with E-state index in [1.165, 1.54) is 77.4 Å². The van der Waals surface area contributed by atoms with Gasteiger partial charge in [-0.1, -0.05) is 26.2 Å². The van der Waals surface area contributed by atoms with Crippen molar-refractivity contribution in [2.75, 3.05) is 26.7 Å². The van der Waals surface area contributed by atoms with Crippen molar-refractivity contribution in [2.24, 2.45) is 5.92 Å². The zero-order valence-electron chi connectivity index (χ0n) is 12.5. The molecule has 0 atom stereocenters. The number of rotatable bonds is 8. The summed E-state index contributed by atoms with van der Waals surface area (Å²) in [5.41, 5.74) is 0.466. The van der Waals surface area contributed by atoms with E-state index in [0.717, 1.165) is 5.92 Å². The molecule has 2 saturated carbocycles. The van der Waals surface area contributed by atoms with Gasteiger partial charge in [-0.05, 0) is 64.6 Å². The number of hydrogen-bond acceptors (Lipinski definition) is 2. The van der Waals surface area contributed by atoms with Crippen molar-refractivity contribution in [3.8, 4) is 0 Å². The van der Waals surface area contributed by atoms with Crippen LogP contribution in [0.3, 0.4) is 0 Å². The van der Waals surface area contributed by atoms with Gasteiger partial charge in [-0.3, -0.25) is 0 Å². The van der Waals surface area contributed by atoms with Crippen LogP contribution in [0.25, 0.3) is 0 Å². The van der Waals surface area contributed by atoms with Crippen molar-refractivity contribution in [3.05, 3.63) is 0 Å². The van der Waals surface area contributed by atoms with E-state index < -0.39 is 0 Å². The molecule has 0 aromatic carbocycles. The average molecular weight is 252 g/mol. The smallest absolute Gasteiger partial charge is 0.0190 e. The quantitative estimate of drug-likeness (QED) is 0.712. The Morgan fingerprint density at radius 2 is 1.83 bits per heavy atom. The van der Waals surface area contributed by atoms with Crippen LogP contribution in [0.4, 0.5) is 0 Å². The lowest BCUT2D eigenvalue weighted by molar-refractivity contribution is 0.178. The lowest BCUT2D eigenvalue weighted by Gasteiger charge is -2.39. The fraction of sp³-hybridized carbons (Fsp3) is 1.00. The van der Waals surface area contributed by atoms with Gasteiger partial charge in [0.05, 0.1) is 0 Å². The molecule has 2 aliphatic rings. The second kappa shape index (κ2) is 6.91. The van der Waals surface area contributed by atoms with E-state index in [1.807, 2.05) is 0 Å². The summed E-state index contributed by atoms with van der Waals surface area (Å²) in [5.74, 6) is 1.04. The summed E-state index contributed by atoms with van der Waals surface area (Å²) in [7, 11) is 2.18. The van der Waals surface area contributed by atoms with Gasteiger partial charge >= 0.3 is 0 Å². The van der Waals surface area contributed by atoms with Gasteiger partial charge in [0.1, 0.15) is 0 Å². The Balaban J connectivity index is 1.78. The average Bonchev–Trinajstić information content (AvgIpc) is 3.21. The SMILES string of the molecule is CCCN(CCC1(NC)CCCCC1)CC1CC1. The van der Waals surface area contributed by atoms with E-state index in [9.17, 15) is 0 Å². The Kier molecular flexibility index (Phi) is 5.50. The van der Waals surface area contributed by atoms with Gasteiger partial charge in [0.15, 0.2) is 0 Å². The lowest BCUT2D eigenvalue weighted by Crippen LogP contribution is -2.47. The number of hydrogen-bond donors (Lipinski definition) is 1. The maximum Gasteiger partial charge on any atom is 0.0190 e. The van der Waals surface area contributed by atoms with E-state index >= 15 is 0 Å². The lowest BCUT2D eigenvalue weighted by atomic mass is 9.79. The molecule has 0 heterocycles. The summed E-state index contributed by atoms with van der Waals surface area (Å²) in [6, 6.07) is 0. The molecule has 0 radical (unpaired) electrons. The summed E-state index contributed by atoms with van der Waals surface area (Å²) in [4.78, 5) is 2.73. The standard InChI is InChI=1S/C16H32N2/c1-3-12-18(14-15-7-8-15)13-11-16(17-2)9-5-4-6-10-16/h15,17H,3-14H2,1-2H3. The van der Waals surface area contributed by atoms with Crippen LogP contribution in [-0.2, 0) is 0 Å². The summed E-state index contributed by atoms with van der Waals surface area (Å²) >= 11 is 0. The van der Waals surface area contributed by atoms with Crippen LogP contribution >= 0.6 is 0 Å². The summed E-state index contributed by atoms with van der Waals surface area (Å²) in [6.45, 7) is 6.30. The van der Waals surface area contributed by atoms with Crippen molar-refractivity contribution in [1.29, 1.82) is 0 Å². The molecule has 0 amide bonds. The molecule has 2 rings (SSSR count). The highest BCUT2D eigenvalue weighted by Crippen LogP contribution is 2.32. The zero-order valence-corrected chi connectivity index (χ0v) is 12.5. The first kappa shape index (κ1) is 14.3. The number of nitrogens with zero attached hydrogens (tertiary/aromatic N) is 1. The second-order valence-corrected chi connectivity index (χ2v) is 6.58. The molecule has 2 fully saturated rings. The molecule has 0 aliphatic heterocycles. The molecule has 2 nitrogen and oxygen atoms in total. The van der Waals surface area contributed by atoms with Gasteiger partial charge in [-0.15, -0.1) is 0 Å². The maximum atomic E-state index is 3.66. The van der Waals surface area contributed by atoms with Gasteiger partial charge in [0.25, 0.3) is 0 Å². The minimum absolute atomic E-state index is 0.466. The van der Waals surface area contributed by atoms with Crippen LogP contribution < -0.4 is 5.32 Å². The molecule has 18 heavy (non-hydrogen) atoms. The first-order valence-electron chi connectivity index (χ1n) is 8.19. The summed E-state index contributed by atoms with van der Waals surface area (Å²) < 4.78 is 0. The largest absolute Gasteiger partial charge is 0.314 e. The minimum Gasteiger partial charge on any atom is -0.314 e. The predicted octanol–water partition coefficient (Wildman–Crippen LogP) is 3.42. The predicted molar refractivity (Wildman–Crippen MR) is 78.9 cm³/mol. The second-order valence-electron chi connectivity index (χ2n) is 6.58. The van der Waals surface area contributed by atoms with Crippen LogP contribution in [0.15, 0.2) is 0 Å². The Morgan fingerprint density at radius 1 is 1.11 bits per heavy atom. The molecular weight excluding hydrogens is 220 g/mol. The summed E-state index contributed by atoms with van der Waals surface area (Å²) in [5, 5.41) is 3.66. The monoisotopic (exact) mass is 252 g/mol. The van der Waals surface area contributed by atoms with Crippen molar-refractivity contribution in [3.63, 3.8) is 0 Å². The van der Waals surface area contributed by atoms with E-state index in [-0.39, 0.29) is 0 Å². The molecule has 0 saturated heterocycles. The van der Waals surface area contributed by atoms with E-state index in [0.29, 0.717) is 5.54 Å². The van der Waals surface area contributed by atoms with Crippen molar-refractivity contribution in [2.45, 2.75) is 70.3 Å². The van der Waals surface area contributed by atoms with Crippen molar-refractivity contribution in [1.82, 2.24) is 10.2 Å². The third-order valence-corrected chi connectivity index (χ3v) is 5.00. The van der Waals surface area contributed by atoms with Gasteiger partial charge in [-0.25, -0.2) is 0 Å². The van der Waals surface area contributed by atoms with Gasteiger partial charge in [-0.2, -0.15) is 0 Å². The Labute approximate surface area is 114 Å². The van der Waals surface area contributed by atoms with E-state index in [2.05, 4.69) is 24.2 Å². The maximum absolute atomic E-state index is 3.66. The zero-order chi connectivity index (χ0) is 12.8. The first-order valence-corrected chi connectivity index (χ1v) is 8.19. The van der Waals surface area contributed by atoms with Crippen molar-refractivity contribution < 1.29 is 0 Å². The van der Waals surface area contributed by atoms with Crippen LogP contribution in [0.1, 0.15) is 64.7 Å². The fourth-order valence-corrected chi connectivity index (χ4v) is 3.50. The molecule has 0 aromatic rings. The highest BCUT2D eigenvalue weighted by molar-refractivity contribution is 4.90. The molecular formula is C16H32N2. The summed E-state index contributed by atoms with van der Waals surface area (Å²) in [6.07, 6.45) is 12.7. The molecule has 0 spiro atoms. The highest BCUT2D eigenvalue weighted by atomic mass is 15.1. The fourth-order valence-electron chi connectivity index (χ4n) is 3.50. The van der Waals surface area contributed by atoms with Crippen LogP contribution in [0.5, 0.6) is 0 Å². The van der Waals surface area contributed by atoms with Gasteiger partial charge < -0.3 is 10.2 Å². The van der Waals surface area contributed by atoms with Crippen molar-refractivity contribution >= 4 is 0 Å². The Morgan fingerprint density at radius 3 is 2.39 bits per heavy atom. The Bertz CT molecular complexity index is 229. The molecule has 1 N–H and O–H groups in total. The molecule has 2 aliphatic carbocycles. The van der Waals surface area contributed by atoms with E-state index in [4.69, 9.17) is 0 Å². The number of nitrogens with one attached hydrogen (secondary N) is 1. The minimum atomic E-state index is 0.466. The molecule has 0 bridgehead atoms. The third-order valence-electron chi connectivity index (χ3n) is 5.00. The molecule has 2 heteroatoms. The van der Waals surface area contributed by atoms with Gasteiger partial charge in [0.2, 0.25) is 0 Å². The Hall–Kier alpha value is -0.0800. The topological polar surface area (TPSA) is 15.3 Å². The van der Waals surface area contributed by atoms with Crippen LogP contribution in [0, 0.1) is 5.92 Å². The van der Waals surface area contributed by atoms with Crippen LogP contribution in [0.2, 0.25) is 0 Å².